The van der Waals surface area contributed by atoms with E-state index in [2.05, 4.69) is 41.5 Å². The Morgan fingerprint density at radius 1 is 0.941 bits per heavy atom. The van der Waals surface area contributed by atoms with Crippen LogP contribution in [0.15, 0.2) is 35.5 Å². The summed E-state index contributed by atoms with van der Waals surface area (Å²) in [5.41, 5.74) is 2.00. The Hall–Kier alpha value is -2.24. The number of methoxy groups -OCH3 is 1. The molecular formula is C41H70O9Si. The van der Waals surface area contributed by atoms with Crippen LogP contribution >= 0.6 is 0 Å². The summed E-state index contributed by atoms with van der Waals surface area (Å²) >= 11 is 0. The molecule has 1 heterocycles. The number of aliphatic hydroxyl groups is 2. The number of carbonyl (C=O) groups excluding carboxylic acids is 4. The van der Waals surface area contributed by atoms with E-state index >= 15 is 0 Å². The number of allylic oxidation sites excluding steroid dienone is 4. The van der Waals surface area contributed by atoms with Crippen molar-refractivity contribution in [1.82, 2.24) is 0 Å². The highest BCUT2D eigenvalue weighted by Crippen LogP contribution is 2.45. The number of cyclic esters (lactones) is 1. The van der Waals surface area contributed by atoms with Gasteiger partial charge in [-0.2, -0.15) is 0 Å². The lowest BCUT2D eigenvalue weighted by Gasteiger charge is -2.46. The van der Waals surface area contributed by atoms with Gasteiger partial charge in [-0.05, 0) is 60.9 Å². The smallest absolute Gasteiger partial charge is 0.337 e. The molecule has 0 aromatic rings. The zero-order valence-corrected chi connectivity index (χ0v) is 35.2. The number of ether oxygens (including phenoxy) is 2. The molecule has 0 radical (unpaired) electrons. The fourth-order valence-corrected chi connectivity index (χ4v) is 13.8. The van der Waals surface area contributed by atoms with E-state index in [1.54, 1.807) is 27.7 Å². The maximum Gasteiger partial charge on any atom is 0.337 e. The Kier molecular flexibility index (Phi) is 19.1. The summed E-state index contributed by atoms with van der Waals surface area (Å²) < 4.78 is 18.3. The summed E-state index contributed by atoms with van der Waals surface area (Å²) in [7, 11) is -1.21. The van der Waals surface area contributed by atoms with Crippen molar-refractivity contribution in [3.8, 4) is 0 Å². The predicted octanol–water partition coefficient (Wildman–Crippen LogP) is 7.59. The summed E-state index contributed by atoms with van der Waals surface area (Å²) in [4.78, 5) is 55.1. The van der Waals surface area contributed by atoms with Crippen LogP contribution in [-0.4, -0.2) is 80.0 Å². The topological polar surface area (TPSA) is 136 Å². The fourth-order valence-electron chi connectivity index (χ4n) is 8.14. The van der Waals surface area contributed by atoms with Crippen molar-refractivity contribution in [2.45, 2.75) is 151 Å². The summed E-state index contributed by atoms with van der Waals surface area (Å²) in [6.45, 7) is 26.9. The number of hydrogen-bond acceptors (Lipinski definition) is 9. The molecular weight excluding hydrogens is 665 g/mol. The van der Waals surface area contributed by atoms with E-state index in [1.807, 2.05) is 52.0 Å². The molecule has 51 heavy (non-hydrogen) atoms. The standard InChI is InChI=1S/C41H70O9Si/c1-16-17-26(8)20-29(11)36(44)33-22-49-41(47)38(46)40(48-15)32(14)37(45)31(13)39(50-51(23(2)3,24(4)5)25(6)7)30(12)21-28(10)34(42)19-18-27(9)35(33)43/h16-17,20-21,23-28,31-33,36,38-40,44,46H,18-19,22H2,1-15H3/b17-16-,29-20+,30-21+/t26-,27+,28-,31-,32+,33?,36+,38+,39?,40?/m0/s1. The van der Waals surface area contributed by atoms with Crippen LogP contribution in [0, 0.1) is 35.5 Å². The zero-order valence-electron chi connectivity index (χ0n) is 34.2. The lowest BCUT2D eigenvalue weighted by atomic mass is 9.82. The Labute approximate surface area is 309 Å². The van der Waals surface area contributed by atoms with Crippen molar-refractivity contribution < 1.29 is 43.3 Å². The van der Waals surface area contributed by atoms with E-state index in [1.165, 1.54) is 7.11 Å². The van der Waals surface area contributed by atoms with Gasteiger partial charge < -0.3 is 24.1 Å². The van der Waals surface area contributed by atoms with Gasteiger partial charge >= 0.3 is 5.97 Å². The lowest BCUT2D eigenvalue weighted by molar-refractivity contribution is -0.168. The highest BCUT2D eigenvalue weighted by Gasteiger charge is 2.49. The molecule has 1 aliphatic rings. The Balaban J connectivity index is 3.81. The minimum Gasteiger partial charge on any atom is -0.463 e. The van der Waals surface area contributed by atoms with E-state index < -0.39 is 74.9 Å². The van der Waals surface area contributed by atoms with E-state index in [4.69, 9.17) is 13.9 Å². The second kappa shape index (κ2) is 20.9. The van der Waals surface area contributed by atoms with Gasteiger partial charge in [0.05, 0.1) is 18.1 Å². The molecule has 9 nitrogen and oxygen atoms in total. The van der Waals surface area contributed by atoms with E-state index in [0.717, 1.165) is 5.57 Å². The Bertz CT molecular complexity index is 1240. The van der Waals surface area contributed by atoms with Crippen molar-refractivity contribution >= 4 is 31.6 Å². The number of carbonyl (C=O) groups is 4. The molecule has 3 unspecified atom stereocenters. The van der Waals surface area contributed by atoms with Gasteiger partial charge in [-0.1, -0.05) is 100 Å². The van der Waals surface area contributed by atoms with Gasteiger partial charge in [0, 0.05) is 37.2 Å². The molecule has 0 aliphatic carbocycles. The third-order valence-electron chi connectivity index (χ3n) is 11.1. The van der Waals surface area contributed by atoms with Crippen molar-refractivity contribution in [1.29, 1.82) is 0 Å². The molecule has 0 amide bonds. The van der Waals surface area contributed by atoms with Crippen LogP contribution in [0.4, 0.5) is 0 Å². The first-order valence-electron chi connectivity index (χ1n) is 18.9. The number of ketones is 3. The quantitative estimate of drug-likeness (QED) is 0.132. The maximum absolute atomic E-state index is 14.3. The van der Waals surface area contributed by atoms with Crippen molar-refractivity contribution in [2.24, 2.45) is 35.5 Å². The van der Waals surface area contributed by atoms with Gasteiger partial charge in [0.2, 0.25) is 8.32 Å². The van der Waals surface area contributed by atoms with Crippen molar-refractivity contribution in [2.75, 3.05) is 13.7 Å². The zero-order chi connectivity index (χ0) is 39.5. The van der Waals surface area contributed by atoms with E-state index in [-0.39, 0.29) is 52.7 Å². The van der Waals surface area contributed by atoms with Crippen molar-refractivity contribution in [3.63, 3.8) is 0 Å². The molecule has 0 saturated carbocycles. The summed E-state index contributed by atoms with van der Waals surface area (Å²) in [6.07, 6.45) is 2.94. The molecule has 2 N–H and O–H groups in total. The fraction of sp³-hybridized carbons (Fsp3) is 0.756. The second-order valence-corrected chi connectivity index (χ2v) is 21.4. The van der Waals surface area contributed by atoms with Crippen LogP contribution in [0.25, 0.3) is 0 Å². The Morgan fingerprint density at radius 2 is 1.49 bits per heavy atom. The first kappa shape index (κ1) is 46.8. The van der Waals surface area contributed by atoms with Crippen LogP contribution < -0.4 is 0 Å². The molecule has 0 spiro atoms. The molecule has 1 rings (SSSR count). The molecule has 0 aromatic carbocycles. The predicted molar refractivity (Wildman–Crippen MR) is 206 cm³/mol. The number of esters is 1. The molecule has 1 aliphatic heterocycles. The third kappa shape index (κ3) is 11.9. The number of hydrogen-bond donors (Lipinski definition) is 2. The average molecular weight is 735 g/mol. The Morgan fingerprint density at radius 3 is 1.98 bits per heavy atom. The van der Waals surface area contributed by atoms with Crippen LogP contribution in [0.3, 0.4) is 0 Å². The van der Waals surface area contributed by atoms with Crippen LogP contribution in [0.1, 0.15) is 110 Å². The monoisotopic (exact) mass is 734 g/mol. The van der Waals surface area contributed by atoms with Crippen LogP contribution in [0.5, 0.6) is 0 Å². The number of aliphatic hydroxyl groups excluding tert-OH is 2. The van der Waals surface area contributed by atoms with Gasteiger partial charge in [0.15, 0.2) is 6.10 Å². The number of Topliss-reactive ketones (excluding diaryl/α,β-unsaturated/α-hetero) is 3. The summed E-state index contributed by atoms with van der Waals surface area (Å²) in [5.74, 6) is -5.63. The molecule has 0 bridgehead atoms. The summed E-state index contributed by atoms with van der Waals surface area (Å²) in [5, 5.41) is 22.6. The van der Waals surface area contributed by atoms with E-state index in [9.17, 15) is 29.4 Å². The molecule has 0 fully saturated rings. The maximum atomic E-state index is 14.3. The lowest BCUT2D eigenvalue weighted by Crippen LogP contribution is -2.53. The normalized spacial score (nSPS) is 31.5. The molecule has 10 atom stereocenters. The average Bonchev–Trinajstić information content (AvgIpc) is 3.05. The third-order valence-corrected chi connectivity index (χ3v) is 17.2. The highest BCUT2D eigenvalue weighted by molar-refractivity contribution is 6.77. The van der Waals surface area contributed by atoms with Gasteiger partial charge in [-0.3, -0.25) is 14.4 Å². The first-order chi connectivity index (χ1) is 23.6. The SMILES string of the molecule is C/C=C\[C@H](C)/C=C(\C)[C@@H](O)C1COC(=O)[C@H](O)C(OC)[C@H](C)C(=O)[C@H](C)C(O[Si](C(C)C)(C(C)C)C(C)C)/C(C)=C/[C@H](C)C(=O)CC[C@@H](C)C1=O. The largest absolute Gasteiger partial charge is 0.463 e. The van der Waals surface area contributed by atoms with Gasteiger partial charge in [0.1, 0.15) is 30.1 Å². The minimum atomic E-state index is -2.53. The molecule has 292 valence electrons. The van der Waals surface area contributed by atoms with Gasteiger partial charge in [0.25, 0.3) is 0 Å². The van der Waals surface area contributed by atoms with Gasteiger partial charge in [-0.15, -0.1) is 0 Å². The molecule has 0 saturated heterocycles. The second-order valence-electron chi connectivity index (χ2n) is 16.0. The molecule has 0 aromatic heterocycles. The van der Waals surface area contributed by atoms with Crippen molar-refractivity contribution in [3.05, 3.63) is 35.5 Å². The highest BCUT2D eigenvalue weighted by atomic mass is 28.4. The van der Waals surface area contributed by atoms with Gasteiger partial charge in [-0.25, -0.2) is 4.79 Å². The molecule has 10 heteroatoms. The first-order valence-corrected chi connectivity index (χ1v) is 21.1. The van der Waals surface area contributed by atoms with Crippen LogP contribution in [-0.2, 0) is 33.1 Å². The summed E-state index contributed by atoms with van der Waals surface area (Å²) in [6, 6.07) is 0. The minimum absolute atomic E-state index is 0.00913. The van der Waals surface area contributed by atoms with Crippen LogP contribution in [0.2, 0.25) is 16.6 Å². The van der Waals surface area contributed by atoms with E-state index in [0.29, 0.717) is 5.57 Å². The number of rotatable bonds is 10.